The smallest absolute Gasteiger partial charge is 0.240 e. The van der Waals surface area contributed by atoms with Crippen molar-refractivity contribution in [1.29, 1.82) is 0 Å². The van der Waals surface area contributed by atoms with Gasteiger partial charge >= 0.3 is 0 Å². The Labute approximate surface area is 112 Å². The summed E-state index contributed by atoms with van der Waals surface area (Å²) < 4.78 is 39.4. The number of benzene rings is 1. The molecule has 0 saturated carbocycles. The third kappa shape index (κ3) is 3.91. The minimum atomic E-state index is -3.61. The van der Waals surface area contributed by atoms with Crippen LogP contribution in [0.25, 0.3) is 0 Å². The van der Waals surface area contributed by atoms with Crippen LogP contribution in [0.15, 0.2) is 29.2 Å². The summed E-state index contributed by atoms with van der Waals surface area (Å²) in [5, 5.41) is 3.12. The Kier molecular flexibility index (Phi) is 5.52. The predicted molar refractivity (Wildman–Crippen MR) is 69.9 cm³/mol. The van der Waals surface area contributed by atoms with Gasteiger partial charge in [-0.15, -0.1) is 12.4 Å². The van der Waals surface area contributed by atoms with Crippen LogP contribution in [0.4, 0.5) is 4.39 Å². The Bertz CT molecular complexity index is 490. The average molecular weight is 295 g/mol. The molecule has 4 nitrogen and oxygen atoms in total. The highest BCUT2D eigenvalue weighted by atomic mass is 35.5. The van der Waals surface area contributed by atoms with Crippen molar-refractivity contribution in [2.24, 2.45) is 0 Å². The van der Waals surface area contributed by atoms with E-state index in [1.807, 2.05) is 0 Å². The molecular formula is C11H16ClFN2O2S. The molecule has 1 fully saturated rings. The summed E-state index contributed by atoms with van der Waals surface area (Å²) in [5.74, 6) is -0.547. The van der Waals surface area contributed by atoms with Gasteiger partial charge in [-0.3, -0.25) is 0 Å². The lowest BCUT2D eigenvalue weighted by Crippen LogP contribution is -2.45. The van der Waals surface area contributed by atoms with Gasteiger partial charge in [0.25, 0.3) is 0 Å². The van der Waals surface area contributed by atoms with Crippen LogP contribution in [-0.2, 0) is 10.0 Å². The SMILES string of the molecule is Cl.O=S(=O)(N[C@H]1CCCNC1)c1cccc(F)c1. The minimum Gasteiger partial charge on any atom is -0.315 e. The molecule has 0 aliphatic carbocycles. The molecule has 1 aromatic carbocycles. The van der Waals surface area contributed by atoms with Crippen LogP contribution in [-0.4, -0.2) is 27.5 Å². The van der Waals surface area contributed by atoms with Gasteiger partial charge in [-0.2, -0.15) is 0 Å². The number of halogens is 2. The van der Waals surface area contributed by atoms with Crippen LogP contribution < -0.4 is 10.0 Å². The Morgan fingerprint density at radius 3 is 2.78 bits per heavy atom. The van der Waals surface area contributed by atoms with Crippen molar-refractivity contribution in [3.05, 3.63) is 30.1 Å². The Hall–Kier alpha value is -0.690. The number of hydrogen-bond acceptors (Lipinski definition) is 3. The fraction of sp³-hybridized carbons (Fsp3) is 0.455. The van der Waals surface area contributed by atoms with Crippen molar-refractivity contribution in [2.75, 3.05) is 13.1 Å². The molecule has 0 unspecified atom stereocenters. The fourth-order valence-electron chi connectivity index (χ4n) is 1.87. The second-order valence-corrected chi connectivity index (χ2v) is 5.84. The van der Waals surface area contributed by atoms with E-state index in [-0.39, 0.29) is 23.3 Å². The summed E-state index contributed by atoms with van der Waals surface area (Å²) >= 11 is 0. The van der Waals surface area contributed by atoms with Gasteiger partial charge in [-0.25, -0.2) is 17.5 Å². The van der Waals surface area contributed by atoms with Gasteiger partial charge in [-0.05, 0) is 37.6 Å². The lowest BCUT2D eigenvalue weighted by molar-refractivity contribution is 0.428. The largest absolute Gasteiger partial charge is 0.315 e. The van der Waals surface area contributed by atoms with Crippen molar-refractivity contribution in [2.45, 2.75) is 23.8 Å². The first-order valence-electron chi connectivity index (χ1n) is 5.56. The predicted octanol–water partition coefficient (Wildman–Crippen LogP) is 1.28. The van der Waals surface area contributed by atoms with Crippen LogP contribution >= 0.6 is 12.4 Å². The van der Waals surface area contributed by atoms with Crippen molar-refractivity contribution >= 4 is 22.4 Å². The molecule has 1 aliphatic heterocycles. The van der Waals surface area contributed by atoms with E-state index in [0.29, 0.717) is 6.54 Å². The lowest BCUT2D eigenvalue weighted by Gasteiger charge is -2.23. The van der Waals surface area contributed by atoms with Gasteiger partial charge in [0.2, 0.25) is 10.0 Å². The van der Waals surface area contributed by atoms with E-state index in [4.69, 9.17) is 0 Å². The summed E-state index contributed by atoms with van der Waals surface area (Å²) in [6.07, 6.45) is 1.75. The first-order valence-corrected chi connectivity index (χ1v) is 7.05. The monoisotopic (exact) mass is 294 g/mol. The lowest BCUT2D eigenvalue weighted by atomic mass is 10.1. The van der Waals surface area contributed by atoms with Crippen LogP contribution in [0.2, 0.25) is 0 Å². The molecule has 18 heavy (non-hydrogen) atoms. The van der Waals surface area contributed by atoms with Crippen LogP contribution in [0.5, 0.6) is 0 Å². The van der Waals surface area contributed by atoms with Gasteiger partial charge in [0.05, 0.1) is 4.90 Å². The molecule has 0 aromatic heterocycles. The molecule has 1 heterocycles. The molecule has 2 N–H and O–H groups in total. The summed E-state index contributed by atoms with van der Waals surface area (Å²) in [5.41, 5.74) is 0. The van der Waals surface area contributed by atoms with Crippen molar-refractivity contribution < 1.29 is 12.8 Å². The molecule has 0 bridgehead atoms. The highest BCUT2D eigenvalue weighted by Gasteiger charge is 2.21. The first-order chi connectivity index (χ1) is 8.08. The van der Waals surface area contributed by atoms with Gasteiger partial charge in [-0.1, -0.05) is 6.07 Å². The zero-order chi connectivity index (χ0) is 12.3. The van der Waals surface area contributed by atoms with Crippen molar-refractivity contribution in [3.63, 3.8) is 0 Å². The average Bonchev–Trinajstić information content (AvgIpc) is 2.30. The maximum Gasteiger partial charge on any atom is 0.240 e. The number of piperidine rings is 1. The van der Waals surface area contributed by atoms with Crippen molar-refractivity contribution in [3.8, 4) is 0 Å². The Morgan fingerprint density at radius 2 is 2.17 bits per heavy atom. The zero-order valence-corrected chi connectivity index (χ0v) is 11.4. The van der Waals surface area contributed by atoms with Crippen LogP contribution in [0, 0.1) is 5.82 Å². The van der Waals surface area contributed by atoms with Crippen LogP contribution in [0.3, 0.4) is 0 Å². The Morgan fingerprint density at radius 1 is 1.39 bits per heavy atom. The molecule has 7 heteroatoms. The minimum absolute atomic E-state index is 0. The molecule has 2 rings (SSSR count). The molecule has 1 atom stereocenters. The first kappa shape index (κ1) is 15.4. The summed E-state index contributed by atoms with van der Waals surface area (Å²) in [7, 11) is -3.61. The van der Waals surface area contributed by atoms with Gasteiger partial charge in [0.15, 0.2) is 0 Å². The number of sulfonamides is 1. The molecule has 1 aliphatic rings. The van der Waals surface area contributed by atoms with Crippen molar-refractivity contribution in [1.82, 2.24) is 10.0 Å². The molecular weight excluding hydrogens is 279 g/mol. The highest BCUT2D eigenvalue weighted by Crippen LogP contribution is 2.12. The van der Waals surface area contributed by atoms with E-state index in [1.165, 1.54) is 18.2 Å². The quantitative estimate of drug-likeness (QED) is 0.883. The van der Waals surface area contributed by atoms with E-state index < -0.39 is 15.8 Å². The maximum absolute atomic E-state index is 13.0. The number of hydrogen-bond donors (Lipinski definition) is 2. The topological polar surface area (TPSA) is 58.2 Å². The van der Waals surface area contributed by atoms with Crippen LogP contribution in [0.1, 0.15) is 12.8 Å². The normalized spacial score (nSPS) is 20.2. The second-order valence-electron chi connectivity index (χ2n) is 4.12. The van der Waals surface area contributed by atoms with Gasteiger partial charge in [0, 0.05) is 12.6 Å². The van der Waals surface area contributed by atoms with E-state index in [9.17, 15) is 12.8 Å². The summed E-state index contributed by atoms with van der Waals surface area (Å²) in [6, 6.07) is 4.92. The second kappa shape index (κ2) is 6.47. The molecule has 1 saturated heterocycles. The fourth-order valence-corrected chi connectivity index (χ4v) is 3.18. The molecule has 0 amide bonds. The molecule has 1 aromatic rings. The van der Waals surface area contributed by atoms with E-state index in [1.54, 1.807) is 0 Å². The van der Waals surface area contributed by atoms with E-state index >= 15 is 0 Å². The molecule has 0 spiro atoms. The van der Waals surface area contributed by atoms with E-state index in [2.05, 4.69) is 10.0 Å². The standard InChI is InChI=1S/C11H15FN2O2S.ClH/c12-9-3-1-5-11(7-9)17(15,16)14-10-4-2-6-13-8-10;/h1,3,5,7,10,13-14H,2,4,6,8H2;1H/t10-;/m0./s1. The van der Waals surface area contributed by atoms with Gasteiger partial charge in [0.1, 0.15) is 5.82 Å². The van der Waals surface area contributed by atoms with Gasteiger partial charge < -0.3 is 5.32 Å². The number of rotatable bonds is 3. The third-order valence-corrected chi connectivity index (χ3v) is 4.24. The van der Waals surface area contributed by atoms with E-state index in [0.717, 1.165) is 25.5 Å². The molecule has 0 radical (unpaired) electrons. The maximum atomic E-state index is 13.0. The summed E-state index contributed by atoms with van der Waals surface area (Å²) in [4.78, 5) is -0.0249. The Balaban J connectivity index is 0.00000162. The third-order valence-electron chi connectivity index (χ3n) is 2.73. The summed E-state index contributed by atoms with van der Waals surface area (Å²) in [6.45, 7) is 1.53. The zero-order valence-electron chi connectivity index (χ0n) is 9.73. The highest BCUT2D eigenvalue weighted by molar-refractivity contribution is 7.89. The number of nitrogens with one attached hydrogen (secondary N) is 2. The molecule has 102 valence electrons.